The Labute approximate surface area is 185 Å². The van der Waals surface area contributed by atoms with Gasteiger partial charge in [-0.2, -0.15) is 0 Å². The molecular weight excluding hydrogens is 503 g/mol. The number of nitrogens with one attached hydrogen (secondary N) is 1. The minimum atomic E-state index is 0.128. The summed E-state index contributed by atoms with van der Waals surface area (Å²) in [5.41, 5.74) is 8.53. The molecule has 2 aliphatic rings. The zero-order valence-electron chi connectivity index (χ0n) is 15.5. The lowest BCUT2D eigenvalue weighted by atomic mass is 10.2. The number of amides is 1. The fraction of sp³-hybridized carbons (Fsp3) is 0.368. The number of fused-ring (bicyclic) bond motifs is 2. The number of nitrogens with two attached hydrogens (primary N) is 1. The van der Waals surface area contributed by atoms with Crippen LogP contribution in [-0.4, -0.2) is 38.6 Å². The second-order valence-corrected chi connectivity index (χ2v) is 9.30. The summed E-state index contributed by atoms with van der Waals surface area (Å²) in [6.07, 6.45) is 4.37. The van der Waals surface area contributed by atoms with Crippen molar-refractivity contribution < 1.29 is 9.53 Å². The van der Waals surface area contributed by atoms with E-state index in [-0.39, 0.29) is 11.8 Å². The van der Waals surface area contributed by atoms with Crippen molar-refractivity contribution in [3.05, 3.63) is 27.6 Å². The Morgan fingerprint density at radius 1 is 1.38 bits per heavy atom. The number of rotatable bonds is 6. The van der Waals surface area contributed by atoms with Crippen LogP contribution < -0.4 is 15.8 Å². The number of ether oxygens (including phenoxy) is 1. The topological polar surface area (TPSA) is 108 Å². The quantitative estimate of drug-likeness (QED) is 0.480. The van der Waals surface area contributed by atoms with E-state index in [0.29, 0.717) is 30.1 Å². The predicted molar refractivity (Wildman–Crippen MR) is 118 cm³/mol. The summed E-state index contributed by atoms with van der Waals surface area (Å²) < 4.78 is 8.87. The van der Waals surface area contributed by atoms with Crippen LogP contribution in [0.3, 0.4) is 0 Å². The van der Waals surface area contributed by atoms with Crippen LogP contribution in [0.25, 0.3) is 11.2 Å². The van der Waals surface area contributed by atoms with E-state index < -0.39 is 0 Å². The molecule has 0 radical (unpaired) electrons. The molecule has 1 saturated carbocycles. The lowest BCUT2D eigenvalue weighted by Crippen LogP contribution is -2.28. The molecule has 3 N–H and O–H groups in total. The van der Waals surface area contributed by atoms with Gasteiger partial charge in [-0.05, 0) is 53.1 Å². The Bertz CT molecular complexity index is 1110. The second-order valence-electron chi connectivity index (χ2n) is 7.13. The summed E-state index contributed by atoms with van der Waals surface area (Å²) in [7, 11) is 0. The molecule has 1 fully saturated rings. The fourth-order valence-corrected chi connectivity index (χ4v) is 5.15. The average molecular weight is 522 g/mol. The average Bonchev–Trinajstić information content (AvgIpc) is 3.37. The van der Waals surface area contributed by atoms with Gasteiger partial charge in [-0.15, -0.1) is 0 Å². The Morgan fingerprint density at radius 2 is 2.24 bits per heavy atom. The Kier molecular flexibility index (Phi) is 4.98. The predicted octanol–water partition coefficient (Wildman–Crippen LogP) is 2.63. The smallest absolute Gasteiger partial charge is 0.223 e. The summed E-state index contributed by atoms with van der Waals surface area (Å²) in [6.45, 7) is 1.80. The van der Waals surface area contributed by atoms with Crippen molar-refractivity contribution in [1.82, 2.24) is 24.8 Å². The maximum Gasteiger partial charge on any atom is 0.223 e. The third kappa shape index (κ3) is 3.75. The molecule has 10 heteroatoms. The first kappa shape index (κ1) is 18.9. The maximum atomic E-state index is 12.0. The van der Waals surface area contributed by atoms with Crippen LogP contribution in [0.1, 0.15) is 18.4 Å². The molecule has 0 unspecified atom stereocenters. The summed E-state index contributed by atoms with van der Waals surface area (Å²) in [5, 5.41) is 3.77. The summed E-state index contributed by atoms with van der Waals surface area (Å²) in [6, 6.07) is 4.24. The summed E-state index contributed by atoms with van der Waals surface area (Å²) in [5.74, 6) is 1.61. The van der Waals surface area contributed by atoms with Crippen LogP contribution >= 0.6 is 34.4 Å². The number of carbonyl (C=O) groups is 1. The highest BCUT2D eigenvalue weighted by Crippen LogP contribution is 2.38. The molecule has 1 aliphatic heterocycles. The zero-order valence-corrected chi connectivity index (χ0v) is 18.5. The number of imidazole rings is 1. The van der Waals surface area contributed by atoms with Crippen molar-refractivity contribution in [3.8, 4) is 5.75 Å². The highest BCUT2D eigenvalue weighted by molar-refractivity contribution is 14.1. The third-order valence-corrected chi connectivity index (χ3v) is 7.36. The van der Waals surface area contributed by atoms with E-state index in [4.69, 9.17) is 15.5 Å². The van der Waals surface area contributed by atoms with E-state index in [0.717, 1.165) is 45.2 Å². The van der Waals surface area contributed by atoms with Gasteiger partial charge in [-0.3, -0.25) is 4.79 Å². The fourth-order valence-electron chi connectivity index (χ4n) is 3.35. The maximum absolute atomic E-state index is 12.0. The third-order valence-electron chi connectivity index (χ3n) is 5.05. The van der Waals surface area contributed by atoms with E-state index in [1.165, 1.54) is 11.9 Å². The molecule has 1 aliphatic carbocycles. The van der Waals surface area contributed by atoms with Crippen molar-refractivity contribution in [3.63, 3.8) is 0 Å². The van der Waals surface area contributed by atoms with Crippen molar-refractivity contribution >= 4 is 57.2 Å². The first-order valence-corrected chi connectivity index (χ1v) is 11.4. The molecule has 150 valence electrons. The van der Waals surface area contributed by atoms with Gasteiger partial charge < -0.3 is 20.4 Å². The van der Waals surface area contributed by atoms with E-state index >= 15 is 0 Å². The van der Waals surface area contributed by atoms with E-state index in [1.807, 2.05) is 4.57 Å². The van der Waals surface area contributed by atoms with Gasteiger partial charge >= 0.3 is 0 Å². The number of hydrogen-bond donors (Lipinski definition) is 2. The number of aromatic nitrogens is 4. The Morgan fingerprint density at radius 3 is 3.07 bits per heavy atom. The zero-order chi connectivity index (χ0) is 20.0. The minimum absolute atomic E-state index is 0.128. The highest BCUT2D eigenvalue weighted by Gasteiger charge is 2.29. The van der Waals surface area contributed by atoms with Crippen LogP contribution in [0.15, 0.2) is 28.5 Å². The van der Waals surface area contributed by atoms with E-state index in [2.05, 4.69) is 50.0 Å². The second kappa shape index (κ2) is 7.63. The van der Waals surface area contributed by atoms with Crippen LogP contribution in [0.2, 0.25) is 0 Å². The first-order chi connectivity index (χ1) is 14.1. The van der Waals surface area contributed by atoms with Gasteiger partial charge in [0.15, 0.2) is 22.1 Å². The number of anilines is 1. The van der Waals surface area contributed by atoms with Gasteiger partial charge in [0, 0.05) is 33.9 Å². The number of benzene rings is 1. The standard InChI is InChI=1S/C19H19IN6O2S/c20-12-7-11-3-6-28-13(11)8-14(12)29-19-25-15-16(21)23-9-24-17(15)26(19)5-4-22-18(27)10-1-2-10/h7-10H,1-6H2,(H,22,27)(H2,21,23,24). The SMILES string of the molecule is Nc1ncnc2c1nc(Sc1cc3c(cc1I)CCO3)n2CCNC(=O)C1CC1. The summed E-state index contributed by atoms with van der Waals surface area (Å²) >= 11 is 3.89. The van der Waals surface area contributed by atoms with E-state index in [9.17, 15) is 4.79 Å². The number of nitrogens with zero attached hydrogens (tertiary/aromatic N) is 4. The molecule has 1 amide bonds. The molecule has 5 rings (SSSR count). The van der Waals surface area contributed by atoms with Gasteiger partial charge in [-0.25, -0.2) is 15.0 Å². The van der Waals surface area contributed by atoms with Gasteiger partial charge in [0.25, 0.3) is 0 Å². The number of carbonyl (C=O) groups excluding carboxylic acids is 1. The molecule has 3 aromatic rings. The summed E-state index contributed by atoms with van der Waals surface area (Å²) in [4.78, 5) is 26.2. The number of halogens is 1. The van der Waals surface area contributed by atoms with Crippen LogP contribution in [0.5, 0.6) is 5.75 Å². The molecule has 3 heterocycles. The Balaban J connectivity index is 1.46. The lowest BCUT2D eigenvalue weighted by Gasteiger charge is -2.11. The molecule has 0 atom stereocenters. The number of nitrogen functional groups attached to an aromatic ring is 1. The first-order valence-electron chi connectivity index (χ1n) is 9.47. The minimum Gasteiger partial charge on any atom is -0.493 e. The van der Waals surface area contributed by atoms with Crippen molar-refractivity contribution in [2.24, 2.45) is 5.92 Å². The van der Waals surface area contributed by atoms with Crippen molar-refractivity contribution in [2.75, 3.05) is 18.9 Å². The van der Waals surface area contributed by atoms with Crippen molar-refractivity contribution in [1.29, 1.82) is 0 Å². The molecule has 0 bridgehead atoms. The van der Waals surface area contributed by atoms with Crippen LogP contribution in [-0.2, 0) is 17.8 Å². The van der Waals surface area contributed by atoms with Gasteiger partial charge in [0.2, 0.25) is 5.91 Å². The monoisotopic (exact) mass is 522 g/mol. The van der Waals surface area contributed by atoms with Crippen LogP contribution in [0.4, 0.5) is 5.82 Å². The molecule has 1 aromatic carbocycles. The highest BCUT2D eigenvalue weighted by atomic mass is 127. The molecule has 0 saturated heterocycles. The number of hydrogen-bond acceptors (Lipinski definition) is 7. The van der Waals surface area contributed by atoms with Crippen molar-refractivity contribution in [2.45, 2.75) is 35.9 Å². The molecule has 0 spiro atoms. The van der Waals surface area contributed by atoms with Gasteiger partial charge in [0.05, 0.1) is 6.61 Å². The van der Waals surface area contributed by atoms with Gasteiger partial charge in [-0.1, -0.05) is 11.8 Å². The molecule has 29 heavy (non-hydrogen) atoms. The molecular formula is C19H19IN6O2S. The van der Waals surface area contributed by atoms with Crippen LogP contribution in [0, 0.1) is 9.49 Å². The van der Waals surface area contributed by atoms with E-state index in [1.54, 1.807) is 11.8 Å². The Hall–Kier alpha value is -2.08. The lowest BCUT2D eigenvalue weighted by molar-refractivity contribution is -0.122. The molecule has 2 aromatic heterocycles. The largest absolute Gasteiger partial charge is 0.493 e. The van der Waals surface area contributed by atoms with Gasteiger partial charge in [0.1, 0.15) is 12.1 Å². The normalized spacial score (nSPS) is 15.3. The molecule has 8 nitrogen and oxygen atoms in total.